The summed E-state index contributed by atoms with van der Waals surface area (Å²) in [5, 5.41) is 5.57. The number of nitrogens with one attached hydrogen (secondary N) is 4. The topological polar surface area (TPSA) is 213 Å². The molecule has 3 aromatic heterocycles. The van der Waals surface area contributed by atoms with Gasteiger partial charge in [-0.3, -0.25) is 24.2 Å². The van der Waals surface area contributed by atoms with Crippen LogP contribution in [0.1, 0.15) is 158 Å². The number of hydrogen-bond acceptors (Lipinski definition) is 12. The summed E-state index contributed by atoms with van der Waals surface area (Å²) >= 11 is 0. The van der Waals surface area contributed by atoms with Crippen LogP contribution < -0.4 is 10.6 Å². The van der Waals surface area contributed by atoms with Crippen LogP contribution in [-0.2, 0) is 54.7 Å². The number of nitrogens with zero attached hydrogens (tertiary/aromatic N) is 2. The van der Waals surface area contributed by atoms with Gasteiger partial charge in [0.05, 0.1) is 73.6 Å². The number of ether oxygens (including phenoxy) is 5. The zero-order valence-corrected chi connectivity index (χ0v) is 48.4. The third-order valence-electron chi connectivity index (χ3n) is 16.2. The summed E-state index contributed by atoms with van der Waals surface area (Å²) in [4.78, 5) is 79.4. The van der Waals surface area contributed by atoms with E-state index in [1.165, 1.54) is 21.3 Å². The Balaban J connectivity index is 0.000000309. The Labute approximate surface area is 460 Å². The van der Waals surface area contributed by atoms with E-state index < -0.39 is 34.8 Å². The van der Waals surface area contributed by atoms with Gasteiger partial charge in [0.15, 0.2) is 0 Å². The molecule has 16 nitrogen and oxygen atoms in total. The van der Waals surface area contributed by atoms with E-state index in [0.717, 1.165) is 111 Å². The number of H-pyrrole nitrogens is 2. The van der Waals surface area contributed by atoms with Gasteiger partial charge in [0.25, 0.3) is 0 Å². The number of alkyl carbamates (subject to hydrolysis) is 1. The second kappa shape index (κ2) is 26.2. The first kappa shape index (κ1) is 60.4. The van der Waals surface area contributed by atoms with Crippen molar-refractivity contribution < 1.29 is 47.7 Å². The molecule has 0 saturated carbocycles. The molecule has 4 N–H and O–H groups in total. The minimum absolute atomic E-state index is 0.230. The molecule has 2 amide bonds. The molecule has 5 atom stereocenters. The Morgan fingerprint density at radius 2 is 1.51 bits per heavy atom. The first-order valence-corrected chi connectivity index (χ1v) is 27.5. The van der Waals surface area contributed by atoms with Gasteiger partial charge in [-0.15, -0.1) is 0 Å². The number of hydrogen-bond donors (Lipinski definition) is 4. The van der Waals surface area contributed by atoms with Gasteiger partial charge in [0.2, 0.25) is 6.41 Å². The monoisotopic (exact) mass is 1070 g/mol. The van der Waals surface area contributed by atoms with Crippen LogP contribution in [0, 0.1) is 37.5 Å². The van der Waals surface area contributed by atoms with Gasteiger partial charge < -0.3 is 44.3 Å². The summed E-state index contributed by atoms with van der Waals surface area (Å²) in [5.74, 6) is -1.90. The predicted octanol–water partition coefficient (Wildman–Crippen LogP) is 11.5. The molecule has 78 heavy (non-hydrogen) atoms. The lowest BCUT2D eigenvalue weighted by Gasteiger charge is -2.40. The molecule has 2 aliphatic heterocycles. The van der Waals surface area contributed by atoms with E-state index in [-0.39, 0.29) is 24.0 Å². The number of aromatic amines is 2. The second-order valence-electron chi connectivity index (χ2n) is 22.5. The van der Waals surface area contributed by atoms with Crippen LogP contribution in [0.15, 0.2) is 49.1 Å². The Morgan fingerprint density at radius 1 is 0.846 bits per heavy atom. The van der Waals surface area contributed by atoms with E-state index in [0.29, 0.717) is 68.7 Å². The number of carbonyl (C=O) groups excluding carboxylic acids is 5. The summed E-state index contributed by atoms with van der Waals surface area (Å²) in [6.45, 7) is 25.7. The van der Waals surface area contributed by atoms with Gasteiger partial charge in [0, 0.05) is 52.7 Å². The molecule has 3 aromatic rings. The van der Waals surface area contributed by atoms with Gasteiger partial charge >= 0.3 is 24.0 Å². The highest BCUT2D eigenvalue weighted by molar-refractivity contribution is 5.95. The molecule has 5 unspecified atom stereocenters. The zero-order chi connectivity index (χ0) is 57.1. The molecule has 5 heterocycles. The minimum Gasteiger partial charge on any atom is -0.469 e. The Morgan fingerprint density at radius 3 is 2.18 bits per heavy atom. The molecule has 8 bridgehead atoms. The molecule has 4 aliphatic rings. The smallest absolute Gasteiger partial charge is 0.407 e. The minimum atomic E-state index is -1.01. The van der Waals surface area contributed by atoms with Crippen LogP contribution in [0.2, 0.25) is 0 Å². The van der Waals surface area contributed by atoms with Crippen molar-refractivity contribution in [3.05, 3.63) is 94.1 Å². The molecule has 7 rings (SSSR count). The Kier molecular flexibility index (Phi) is 20.3. The number of aryl methyl sites for hydroxylation is 3. The largest absolute Gasteiger partial charge is 0.469 e. The van der Waals surface area contributed by atoms with Crippen molar-refractivity contribution in [3.63, 3.8) is 0 Å². The third kappa shape index (κ3) is 13.9. The predicted molar refractivity (Wildman–Crippen MR) is 307 cm³/mol. The highest BCUT2D eigenvalue weighted by Gasteiger charge is 2.56. The number of allylic oxidation sites excluding steroid dienone is 6. The number of fused-ring (bicyclic) bond motifs is 11. The first-order chi connectivity index (χ1) is 37.1. The fourth-order valence-electron chi connectivity index (χ4n) is 11.2. The third-order valence-corrected chi connectivity index (χ3v) is 16.2. The number of amides is 2. The molecule has 0 spiro atoms. The summed E-state index contributed by atoms with van der Waals surface area (Å²) in [6, 6.07) is 8.11. The van der Waals surface area contributed by atoms with E-state index in [2.05, 4.69) is 66.2 Å². The van der Waals surface area contributed by atoms with Gasteiger partial charge in [-0.25, -0.2) is 9.78 Å². The van der Waals surface area contributed by atoms with E-state index in [1.54, 1.807) is 0 Å². The van der Waals surface area contributed by atoms with Crippen LogP contribution in [0.25, 0.3) is 44.9 Å². The van der Waals surface area contributed by atoms with Crippen LogP contribution in [0.3, 0.4) is 0 Å². The van der Waals surface area contributed by atoms with Crippen molar-refractivity contribution in [1.29, 1.82) is 0 Å². The molecule has 0 fully saturated rings. The highest BCUT2D eigenvalue weighted by atomic mass is 16.6. The molecule has 2 aliphatic carbocycles. The van der Waals surface area contributed by atoms with Crippen molar-refractivity contribution in [2.75, 3.05) is 41.1 Å². The van der Waals surface area contributed by atoms with Crippen molar-refractivity contribution in [1.82, 2.24) is 30.6 Å². The van der Waals surface area contributed by atoms with E-state index in [1.807, 2.05) is 78.8 Å². The normalized spacial score (nSPS) is 20.6. The van der Waals surface area contributed by atoms with Crippen molar-refractivity contribution in [3.8, 4) is 0 Å². The maximum Gasteiger partial charge on any atom is 0.407 e. The fourth-order valence-corrected chi connectivity index (χ4v) is 11.2. The van der Waals surface area contributed by atoms with Crippen molar-refractivity contribution in [2.45, 2.75) is 150 Å². The van der Waals surface area contributed by atoms with Gasteiger partial charge in [0.1, 0.15) is 0 Å². The van der Waals surface area contributed by atoms with Crippen LogP contribution in [-0.4, -0.2) is 103 Å². The molecule has 422 valence electrons. The summed E-state index contributed by atoms with van der Waals surface area (Å²) in [7, 11) is 4.09. The Hall–Kier alpha value is -6.81. The molecular weight excluding hydrogens is 989 g/mol. The number of esters is 3. The second-order valence-corrected chi connectivity index (χ2v) is 22.5. The van der Waals surface area contributed by atoms with Gasteiger partial charge in [-0.2, -0.15) is 0 Å². The molecular formula is C62H84N6O10. The van der Waals surface area contributed by atoms with Crippen LogP contribution >= 0.6 is 0 Å². The fraction of sp³-hybridized carbons (Fsp3) is 0.532. The number of carbonyl (C=O) groups is 5. The lowest BCUT2D eigenvalue weighted by molar-refractivity contribution is -0.160. The number of rotatable bonds is 18. The SMILES string of the molecule is C=Cc1c(C)c2cc3nc(cc4[nH]c(cc5nc(cc1[nH]2)C(C)=C5CCC(=O)OC)c(CCC)c4C)C1(C)C3=CCC(C(=O)OC)C1C(=O)OC.CC1CC/C=C\CCC1COC(=O)NCC(C)(C)OCCC(C)(C)NC=O. The van der Waals surface area contributed by atoms with E-state index >= 15 is 0 Å². The van der Waals surface area contributed by atoms with E-state index in [9.17, 15) is 24.0 Å². The lowest BCUT2D eigenvalue weighted by Crippen LogP contribution is -2.47. The average molecular weight is 1070 g/mol. The summed E-state index contributed by atoms with van der Waals surface area (Å²) in [5.41, 5.74) is 11.4. The number of methoxy groups -OCH3 is 3. The van der Waals surface area contributed by atoms with Crippen LogP contribution in [0.5, 0.6) is 0 Å². The van der Waals surface area contributed by atoms with Gasteiger partial charge in [-0.1, -0.05) is 51.2 Å². The summed E-state index contributed by atoms with van der Waals surface area (Å²) in [6.07, 6.45) is 16.4. The molecule has 16 heteroatoms. The van der Waals surface area contributed by atoms with Gasteiger partial charge in [-0.05, 0) is 176 Å². The maximum atomic E-state index is 13.7. The number of aromatic nitrogens is 4. The summed E-state index contributed by atoms with van der Waals surface area (Å²) < 4.78 is 26.9. The molecule has 0 saturated heterocycles. The Bertz CT molecular complexity index is 2990. The standard InChI is InChI=1S/C41H46N4O6.C21H38N2O4/c1-10-12-25-22(4)31-20-36-41(6)28(15-13-27(39(47)50-8)38(41)40(48)51-9)35(45-36)18-30-21(3)24(11-2)32(42-30)17-29-23(5)26(14-16-37(46)49-7)34(43-29)19-33(25)44-31;1-17-10-8-6-7-9-11-18(17)14-26-19(25)22-15-21(4,5)27-13-12-20(2,3)23-16-24/h11,15,17-20,27,38,42,44H,2,10,12-14,16H2,1,3-9H3;6-7,16-18H,8-15H2,1-5H3,(H,22,25)(H,23,24)/b;7-6-. The highest BCUT2D eigenvalue weighted by Crippen LogP contribution is 2.54. The lowest BCUT2D eigenvalue weighted by atomic mass is 9.61. The van der Waals surface area contributed by atoms with Crippen LogP contribution in [0.4, 0.5) is 4.79 Å². The average Bonchev–Trinajstić information content (AvgIpc) is 4.18. The van der Waals surface area contributed by atoms with E-state index in [4.69, 9.17) is 33.7 Å². The van der Waals surface area contributed by atoms with Crippen molar-refractivity contribution in [2.24, 2.45) is 23.7 Å². The molecule has 0 radical (unpaired) electrons. The zero-order valence-electron chi connectivity index (χ0n) is 48.4. The van der Waals surface area contributed by atoms with Crippen molar-refractivity contribution >= 4 is 75.3 Å². The first-order valence-electron chi connectivity index (χ1n) is 27.5. The molecule has 0 aromatic carbocycles. The maximum absolute atomic E-state index is 13.7. The quantitative estimate of drug-likeness (QED) is 0.0405.